The van der Waals surface area contributed by atoms with E-state index in [1.807, 2.05) is 0 Å². The zero-order valence-electron chi connectivity index (χ0n) is 9.88. The number of carbonyl (C=O) groups is 1. The highest BCUT2D eigenvalue weighted by Crippen LogP contribution is 2.54. The summed E-state index contributed by atoms with van der Waals surface area (Å²) in [7, 11) is 0. The van der Waals surface area contributed by atoms with Gasteiger partial charge in [-0.2, -0.15) is 0 Å². The first-order valence-corrected chi connectivity index (χ1v) is 6.83. The molecule has 0 radical (unpaired) electrons. The van der Waals surface area contributed by atoms with Crippen LogP contribution in [0.25, 0.3) is 0 Å². The molecule has 0 saturated heterocycles. The number of hydrogen-bond acceptors (Lipinski definition) is 2. The molecule has 2 fully saturated rings. The van der Waals surface area contributed by atoms with Crippen LogP contribution in [0.4, 0.5) is 0 Å². The van der Waals surface area contributed by atoms with Crippen LogP contribution in [0, 0.1) is 29.6 Å². The van der Waals surface area contributed by atoms with Gasteiger partial charge < -0.3 is 5.11 Å². The summed E-state index contributed by atoms with van der Waals surface area (Å²) in [5.41, 5.74) is -1.14. The monoisotopic (exact) mass is 230 g/mol. The lowest BCUT2D eigenvalue weighted by Gasteiger charge is -2.45. The summed E-state index contributed by atoms with van der Waals surface area (Å²) >= 11 is 0. The number of hydrogen-bond donors (Lipinski definition) is 1. The van der Waals surface area contributed by atoms with E-state index >= 15 is 0 Å². The predicted molar refractivity (Wildman–Crippen MR) is 64.2 cm³/mol. The van der Waals surface area contributed by atoms with Crippen molar-refractivity contribution < 1.29 is 9.90 Å². The molecule has 0 aromatic carbocycles. The molecule has 0 amide bonds. The highest BCUT2D eigenvalue weighted by Gasteiger charge is 2.55. The summed E-state index contributed by atoms with van der Waals surface area (Å²) < 4.78 is 0. The van der Waals surface area contributed by atoms with Crippen LogP contribution in [0.5, 0.6) is 0 Å². The van der Waals surface area contributed by atoms with Crippen LogP contribution in [0.2, 0.25) is 0 Å². The highest BCUT2D eigenvalue weighted by molar-refractivity contribution is 5.93. The van der Waals surface area contributed by atoms with Gasteiger partial charge in [0.25, 0.3) is 0 Å². The number of ketones is 1. The molecule has 2 nitrogen and oxygen atoms in total. The molecule has 0 heterocycles. The summed E-state index contributed by atoms with van der Waals surface area (Å²) in [5, 5.41) is 10.5. The third-order valence-corrected chi connectivity index (χ3v) is 5.51. The van der Waals surface area contributed by atoms with Gasteiger partial charge in [0, 0.05) is 5.92 Å². The van der Waals surface area contributed by atoms with Gasteiger partial charge in [0.05, 0.1) is 0 Å². The van der Waals surface area contributed by atoms with Gasteiger partial charge >= 0.3 is 0 Å². The SMILES string of the molecule is O=C1C2C3C=CC(CC3)C2C2C=CC1(O)CC2. The molecular formula is C15H18O2. The molecular weight excluding hydrogens is 212 g/mol. The van der Waals surface area contributed by atoms with Gasteiger partial charge in [-0.05, 0) is 55.4 Å². The fourth-order valence-corrected chi connectivity index (χ4v) is 4.65. The number of fused-ring (bicyclic) bond motifs is 2. The van der Waals surface area contributed by atoms with E-state index < -0.39 is 5.60 Å². The molecule has 4 bridgehead atoms. The summed E-state index contributed by atoms with van der Waals surface area (Å²) in [6.07, 6.45) is 12.5. The number of aliphatic hydroxyl groups is 1. The van der Waals surface area contributed by atoms with Crippen LogP contribution in [0.15, 0.2) is 24.3 Å². The van der Waals surface area contributed by atoms with Crippen molar-refractivity contribution in [3.8, 4) is 0 Å². The van der Waals surface area contributed by atoms with Crippen LogP contribution in [0.3, 0.4) is 0 Å². The quantitative estimate of drug-likeness (QED) is 0.647. The molecule has 6 rings (SSSR count). The Morgan fingerprint density at radius 1 is 1.06 bits per heavy atom. The molecule has 0 spiro atoms. The minimum Gasteiger partial charge on any atom is -0.378 e. The lowest BCUT2D eigenvalue weighted by atomic mass is 9.58. The number of allylic oxidation sites excluding steroid dienone is 3. The van der Waals surface area contributed by atoms with Gasteiger partial charge in [0.15, 0.2) is 5.78 Å². The number of rotatable bonds is 0. The second kappa shape index (κ2) is 3.11. The molecule has 2 saturated carbocycles. The first kappa shape index (κ1) is 10.1. The Hall–Kier alpha value is -0.890. The molecule has 6 aliphatic rings. The maximum Gasteiger partial charge on any atom is 0.172 e. The largest absolute Gasteiger partial charge is 0.378 e. The van der Waals surface area contributed by atoms with Crippen molar-refractivity contribution in [2.45, 2.75) is 31.3 Å². The van der Waals surface area contributed by atoms with Gasteiger partial charge in [0.2, 0.25) is 0 Å². The van der Waals surface area contributed by atoms with Crippen LogP contribution >= 0.6 is 0 Å². The first-order chi connectivity index (χ1) is 8.19. The fraction of sp³-hybridized carbons (Fsp3) is 0.667. The van der Waals surface area contributed by atoms with E-state index in [0.717, 1.165) is 12.8 Å². The van der Waals surface area contributed by atoms with Gasteiger partial charge in [-0.25, -0.2) is 0 Å². The first-order valence-electron chi connectivity index (χ1n) is 6.83. The highest BCUT2D eigenvalue weighted by atomic mass is 16.3. The smallest absolute Gasteiger partial charge is 0.172 e. The van der Waals surface area contributed by atoms with Gasteiger partial charge in [0.1, 0.15) is 5.60 Å². The molecule has 6 atom stereocenters. The topological polar surface area (TPSA) is 37.3 Å². The maximum atomic E-state index is 12.6. The van der Waals surface area contributed by atoms with Crippen molar-refractivity contribution in [2.24, 2.45) is 29.6 Å². The second-order valence-corrected chi connectivity index (χ2v) is 6.24. The second-order valence-electron chi connectivity index (χ2n) is 6.24. The molecule has 0 aromatic rings. The normalized spacial score (nSPS) is 54.9. The molecule has 0 aromatic heterocycles. The van der Waals surface area contributed by atoms with E-state index in [0.29, 0.717) is 30.1 Å². The van der Waals surface area contributed by atoms with Crippen LogP contribution < -0.4 is 0 Å². The van der Waals surface area contributed by atoms with Crippen molar-refractivity contribution in [1.29, 1.82) is 0 Å². The Balaban J connectivity index is 1.86. The van der Waals surface area contributed by atoms with Crippen molar-refractivity contribution in [3.63, 3.8) is 0 Å². The van der Waals surface area contributed by atoms with E-state index in [9.17, 15) is 9.90 Å². The molecule has 6 unspecified atom stereocenters. The Labute approximate surface area is 101 Å². The zero-order chi connectivity index (χ0) is 11.6. The standard InChI is InChI=1S/C15H18O2/c16-14-13-10-3-1-9(2-4-10)12(13)11-5-7-15(14,17)8-6-11/h1,3,5,7,9-13,17H,2,4,6,8H2. The van der Waals surface area contributed by atoms with E-state index in [1.165, 1.54) is 6.42 Å². The molecule has 2 heteroatoms. The van der Waals surface area contributed by atoms with E-state index in [-0.39, 0.29) is 11.7 Å². The molecule has 6 aliphatic carbocycles. The van der Waals surface area contributed by atoms with Gasteiger partial charge in [-0.1, -0.05) is 18.2 Å². The predicted octanol–water partition coefficient (Wildman–Crippen LogP) is 2.09. The van der Waals surface area contributed by atoms with Crippen molar-refractivity contribution in [1.82, 2.24) is 0 Å². The summed E-state index contributed by atoms with van der Waals surface area (Å²) in [6, 6.07) is 0. The maximum absolute atomic E-state index is 12.6. The number of Topliss-reactive ketones (excluding diaryl/α,β-unsaturated/α-hetero) is 1. The Bertz CT molecular complexity index is 436. The Morgan fingerprint density at radius 2 is 1.76 bits per heavy atom. The van der Waals surface area contributed by atoms with Gasteiger partial charge in [-0.3, -0.25) is 4.79 Å². The fourth-order valence-electron chi connectivity index (χ4n) is 4.65. The van der Waals surface area contributed by atoms with Crippen molar-refractivity contribution in [3.05, 3.63) is 24.3 Å². The van der Waals surface area contributed by atoms with E-state index in [2.05, 4.69) is 18.2 Å². The van der Waals surface area contributed by atoms with Crippen LogP contribution in [0.1, 0.15) is 25.7 Å². The van der Waals surface area contributed by atoms with Crippen LogP contribution in [-0.2, 0) is 4.79 Å². The molecule has 17 heavy (non-hydrogen) atoms. The van der Waals surface area contributed by atoms with Crippen LogP contribution in [-0.4, -0.2) is 16.5 Å². The minimum atomic E-state index is -1.14. The Morgan fingerprint density at radius 3 is 2.41 bits per heavy atom. The lowest BCUT2D eigenvalue weighted by Crippen LogP contribution is -2.47. The molecule has 0 aliphatic heterocycles. The average molecular weight is 230 g/mol. The third kappa shape index (κ3) is 1.17. The summed E-state index contributed by atoms with van der Waals surface area (Å²) in [6.45, 7) is 0. The Kier molecular flexibility index (Phi) is 1.84. The molecule has 1 N–H and O–H groups in total. The average Bonchev–Trinajstić information content (AvgIpc) is 2.56. The van der Waals surface area contributed by atoms with E-state index in [4.69, 9.17) is 0 Å². The zero-order valence-corrected chi connectivity index (χ0v) is 9.88. The summed E-state index contributed by atoms with van der Waals surface area (Å²) in [4.78, 5) is 12.6. The van der Waals surface area contributed by atoms with Gasteiger partial charge in [-0.15, -0.1) is 0 Å². The summed E-state index contributed by atoms with van der Waals surface area (Å²) in [5.74, 6) is 2.15. The minimum absolute atomic E-state index is 0.0891. The molecule has 90 valence electrons. The third-order valence-electron chi connectivity index (χ3n) is 5.51. The number of carbonyl (C=O) groups excluding carboxylic acids is 1. The van der Waals surface area contributed by atoms with E-state index in [1.54, 1.807) is 6.08 Å². The lowest BCUT2D eigenvalue weighted by molar-refractivity contribution is -0.141. The van der Waals surface area contributed by atoms with Crippen molar-refractivity contribution in [2.75, 3.05) is 0 Å². The van der Waals surface area contributed by atoms with Crippen molar-refractivity contribution >= 4 is 5.78 Å².